The zero-order valence-corrected chi connectivity index (χ0v) is 13.3. The second-order valence-electron chi connectivity index (χ2n) is 5.26. The number of benzene rings is 1. The summed E-state index contributed by atoms with van der Waals surface area (Å²) in [5.41, 5.74) is 5.97. The predicted octanol–water partition coefficient (Wildman–Crippen LogP) is 0.808. The Morgan fingerprint density at radius 2 is 1.73 bits per heavy atom. The molecule has 1 atom stereocenters. The van der Waals surface area contributed by atoms with Gasteiger partial charge in [0, 0.05) is 26.2 Å². The van der Waals surface area contributed by atoms with Crippen LogP contribution in [0, 0.1) is 5.82 Å². The molecule has 1 aliphatic heterocycles. The Balaban J connectivity index is 0.00000242. The molecule has 0 unspecified atom stereocenters. The van der Waals surface area contributed by atoms with E-state index in [-0.39, 0.29) is 36.5 Å². The topological polar surface area (TPSA) is 66.6 Å². The Hall–Kier alpha value is -1.66. The van der Waals surface area contributed by atoms with E-state index in [4.69, 9.17) is 5.73 Å². The zero-order valence-electron chi connectivity index (χ0n) is 12.5. The summed E-state index contributed by atoms with van der Waals surface area (Å²) in [6.45, 7) is 3.53. The van der Waals surface area contributed by atoms with Crippen molar-refractivity contribution in [3.63, 3.8) is 0 Å². The summed E-state index contributed by atoms with van der Waals surface area (Å²) >= 11 is 0. The van der Waals surface area contributed by atoms with Crippen LogP contribution in [-0.4, -0.2) is 53.8 Å². The Kier molecular flexibility index (Phi) is 6.77. The summed E-state index contributed by atoms with van der Waals surface area (Å²) in [4.78, 5) is 27.2. The van der Waals surface area contributed by atoms with Gasteiger partial charge in [-0.15, -0.1) is 12.4 Å². The standard InChI is InChI=1S/C15H20FN3O2.ClH/c1-11(17)15(21)19-8-6-18(7-9-19)14(20)10-12-4-2-3-5-13(12)16;/h2-5,11H,6-10,17H2,1H3;1H/t11-;/m0./s1. The van der Waals surface area contributed by atoms with Crippen LogP contribution in [0.25, 0.3) is 0 Å². The molecular formula is C15H21ClFN3O2. The van der Waals surface area contributed by atoms with E-state index in [2.05, 4.69) is 0 Å². The van der Waals surface area contributed by atoms with Crippen LogP contribution in [0.5, 0.6) is 0 Å². The first kappa shape index (κ1) is 18.4. The van der Waals surface area contributed by atoms with Gasteiger partial charge in [-0.25, -0.2) is 4.39 Å². The summed E-state index contributed by atoms with van der Waals surface area (Å²) in [6, 6.07) is 5.75. The maximum absolute atomic E-state index is 13.5. The molecule has 1 aliphatic rings. The van der Waals surface area contributed by atoms with Crippen LogP contribution in [0.3, 0.4) is 0 Å². The fourth-order valence-corrected chi connectivity index (χ4v) is 2.38. The molecule has 0 aromatic heterocycles. The molecule has 1 heterocycles. The van der Waals surface area contributed by atoms with Crippen molar-refractivity contribution in [3.05, 3.63) is 35.6 Å². The van der Waals surface area contributed by atoms with E-state index >= 15 is 0 Å². The van der Waals surface area contributed by atoms with Gasteiger partial charge in [-0.3, -0.25) is 9.59 Å². The van der Waals surface area contributed by atoms with Crippen LogP contribution >= 0.6 is 12.4 Å². The predicted molar refractivity (Wildman–Crippen MR) is 84.2 cm³/mol. The maximum atomic E-state index is 13.5. The normalized spacial score (nSPS) is 16.0. The first-order valence-electron chi connectivity index (χ1n) is 7.04. The van der Waals surface area contributed by atoms with Crippen LogP contribution in [-0.2, 0) is 16.0 Å². The lowest BCUT2D eigenvalue weighted by molar-refractivity contribution is -0.139. The van der Waals surface area contributed by atoms with Gasteiger partial charge in [0.2, 0.25) is 11.8 Å². The van der Waals surface area contributed by atoms with Gasteiger partial charge in [0.15, 0.2) is 0 Å². The molecule has 1 fully saturated rings. The van der Waals surface area contributed by atoms with E-state index in [0.717, 1.165) is 0 Å². The number of piperazine rings is 1. The van der Waals surface area contributed by atoms with E-state index in [9.17, 15) is 14.0 Å². The van der Waals surface area contributed by atoms with Crippen molar-refractivity contribution in [1.29, 1.82) is 0 Å². The van der Waals surface area contributed by atoms with Crippen molar-refractivity contribution >= 4 is 24.2 Å². The molecule has 0 saturated carbocycles. The van der Waals surface area contributed by atoms with E-state index in [1.54, 1.807) is 34.9 Å². The molecule has 7 heteroatoms. The number of rotatable bonds is 3. The van der Waals surface area contributed by atoms with E-state index in [1.165, 1.54) is 6.07 Å². The van der Waals surface area contributed by atoms with Crippen LogP contribution in [0.2, 0.25) is 0 Å². The second-order valence-corrected chi connectivity index (χ2v) is 5.26. The molecular weight excluding hydrogens is 309 g/mol. The number of carbonyl (C=O) groups is 2. The summed E-state index contributed by atoms with van der Waals surface area (Å²) in [6.07, 6.45) is 0.0495. The first-order chi connectivity index (χ1) is 9.99. The molecule has 1 saturated heterocycles. The number of hydrogen-bond acceptors (Lipinski definition) is 3. The molecule has 0 spiro atoms. The molecule has 122 valence electrons. The third-order valence-electron chi connectivity index (χ3n) is 3.63. The molecule has 0 radical (unpaired) electrons. The van der Waals surface area contributed by atoms with E-state index in [0.29, 0.717) is 31.7 Å². The number of carbonyl (C=O) groups excluding carboxylic acids is 2. The van der Waals surface area contributed by atoms with Gasteiger partial charge in [0.05, 0.1) is 12.5 Å². The van der Waals surface area contributed by atoms with Crippen LogP contribution in [0.4, 0.5) is 4.39 Å². The zero-order chi connectivity index (χ0) is 15.4. The SMILES string of the molecule is C[C@H](N)C(=O)N1CCN(C(=O)Cc2ccccc2F)CC1.Cl. The van der Waals surface area contributed by atoms with Crippen molar-refractivity contribution in [2.75, 3.05) is 26.2 Å². The molecule has 22 heavy (non-hydrogen) atoms. The fourth-order valence-electron chi connectivity index (χ4n) is 2.38. The van der Waals surface area contributed by atoms with Gasteiger partial charge in [-0.05, 0) is 18.6 Å². The average Bonchev–Trinajstić information content (AvgIpc) is 2.49. The lowest BCUT2D eigenvalue weighted by Crippen LogP contribution is -2.54. The van der Waals surface area contributed by atoms with Crippen LogP contribution < -0.4 is 5.73 Å². The highest BCUT2D eigenvalue weighted by Gasteiger charge is 2.25. The molecule has 1 aromatic rings. The minimum absolute atomic E-state index is 0. The Bertz CT molecular complexity index is 531. The summed E-state index contributed by atoms with van der Waals surface area (Å²) in [5, 5.41) is 0. The average molecular weight is 330 g/mol. The van der Waals surface area contributed by atoms with Crippen LogP contribution in [0.15, 0.2) is 24.3 Å². The van der Waals surface area contributed by atoms with Crippen molar-refractivity contribution < 1.29 is 14.0 Å². The van der Waals surface area contributed by atoms with Gasteiger partial charge in [0.1, 0.15) is 5.82 Å². The quantitative estimate of drug-likeness (QED) is 0.892. The fraction of sp³-hybridized carbons (Fsp3) is 0.467. The van der Waals surface area contributed by atoms with Gasteiger partial charge in [0.25, 0.3) is 0 Å². The van der Waals surface area contributed by atoms with Gasteiger partial charge in [-0.2, -0.15) is 0 Å². The third kappa shape index (κ3) is 4.42. The minimum Gasteiger partial charge on any atom is -0.339 e. The number of nitrogens with two attached hydrogens (primary N) is 1. The van der Waals surface area contributed by atoms with Gasteiger partial charge >= 0.3 is 0 Å². The number of nitrogens with zero attached hydrogens (tertiary/aromatic N) is 2. The highest BCUT2D eigenvalue weighted by atomic mass is 35.5. The van der Waals surface area contributed by atoms with E-state index in [1.807, 2.05) is 0 Å². The van der Waals surface area contributed by atoms with Crippen molar-refractivity contribution in [3.8, 4) is 0 Å². The number of halogens is 2. The minimum atomic E-state index is -0.523. The first-order valence-corrected chi connectivity index (χ1v) is 7.04. The maximum Gasteiger partial charge on any atom is 0.239 e. The molecule has 2 rings (SSSR count). The second kappa shape index (κ2) is 8.10. The smallest absolute Gasteiger partial charge is 0.239 e. The van der Waals surface area contributed by atoms with Crippen molar-refractivity contribution in [2.45, 2.75) is 19.4 Å². The highest BCUT2D eigenvalue weighted by molar-refractivity contribution is 5.85. The Morgan fingerprint density at radius 1 is 1.18 bits per heavy atom. The Morgan fingerprint density at radius 3 is 2.27 bits per heavy atom. The van der Waals surface area contributed by atoms with Crippen LogP contribution in [0.1, 0.15) is 12.5 Å². The molecule has 1 aromatic carbocycles. The molecule has 2 amide bonds. The van der Waals surface area contributed by atoms with Crippen molar-refractivity contribution in [1.82, 2.24) is 9.80 Å². The summed E-state index contributed by atoms with van der Waals surface area (Å²) in [5.74, 6) is -0.583. The highest BCUT2D eigenvalue weighted by Crippen LogP contribution is 2.11. The van der Waals surface area contributed by atoms with Crippen molar-refractivity contribution in [2.24, 2.45) is 5.73 Å². The molecule has 0 aliphatic carbocycles. The lowest BCUT2D eigenvalue weighted by Gasteiger charge is -2.35. The van der Waals surface area contributed by atoms with Gasteiger partial charge < -0.3 is 15.5 Å². The molecule has 2 N–H and O–H groups in total. The molecule has 0 bridgehead atoms. The van der Waals surface area contributed by atoms with E-state index < -0.39 is 6.04 Å². The number of hydrogen-bond donors (Lipinski definition) is 1. The van der Waals surface area contributed by atoms with Gasteiger partial charge in [-0.1, -0.05) is 18.2 Å². The monoisotopic (exact) mass is 329 g/mol. The third-order valence-corrected chi connectivity index (χ3v) is 3.63. The largest absolute Gasteiger partial charge is 0.339 e. The number of amides is 2. The molecule has 5 nitrogen and oxygen atoms in total. The summed E-state index contributed by atoms with van der Waals surface area (Å²) in [7, 11) is 0. The summed E-state index contributed by atoms with van der Waals surface area (Å²) < 4.78 is 13.5. The Labute approximate surface area is 135 Å². The lowest BCUT2D eigenvalue weighted by atomic mass is 10.1.